The van der Waals surface area contributed by atoms with Gasteiger partial charge in [0.05, 0.1) is 18.7 Å². The Bertz CT molecular complexity index is 1320. The largest absolute Gasteiger partial charge is 0.509 e. The van der Waals surface area contributed by atoms with Gasteiger partial charge in [-0.15, -0.1) is 6.58 Å². The standard InChI is InChI=1S/C36H48N2O4/c1-7-28-24-38-20-17-29(28)22-34(38)35(31-16-19-37-33-15-14-30(40-6)23-32(31)33)42-36(39)41-21-18-27(5)13-9-12-26(4)11-8-10-25(2)3/h7,10,12,14-16,18-19,23,28-29,34-35H,1,8-9,11,13,17,20-22,24H2,2-6H3/t28-,29-,34-,35+/m0/s1. The fraction of sp³-hybridized carbons (Fsp3) is 0.500. The van der Waals surface area contributed by atoms with Crippen LogP contribution in [0.1, 0.15) is 77.9 Å². The first-order valence-corrected chi connectivity index (χ1v) is 15.4. The molecule has 3 fully saturated rings. The number of fused-ring (bicyclic) bond motifs is 4. The fourth-order valence-corrected chi connectivity index (χ4v) is 6.29. The third-order valence-electron chi connectivity index (χ3n) is 8.77. The Kier molecular flexibility index (Phi) is 11.4. The fourth-order valence-electron chi connectivity index (χ4n) is 6.29. The van der Waals surface area contributed by atoms with Crippen molar-refractivity contribution in [1.29, 1.82) is 0 Å². The lowest BCUT2D eigenvalue weighted by Crippen LogP contribution is -2.55. The molecule has 2 bridgehead atoms. The summed E-state index contributed by atoms with van der Waals surface area (Å²) in [4.78, 5) is 20.1. The van der Waals surface area contributed by atoms with Crippen molar-refractivity contribution >= 4 is 17.1 Å². The molecule has 1 aromatic heterocycles. The molecule has 5 atom stereocenters. The van der Waals surface area contributed by atoms with Crippen LogP contribution in [-0.4, -0.2) is 48.9 Å². The summed E-state index contributed by atoms with van der Waals surface area (Å²) in [7, 11) is 1.66. The van der Waals surface area contributed by atoms with Crippen LogP contribution >= 0.6 is 0 Å². The minimum Gasteiger partial charge on any atom is -0.497 e. The van der Waals surface area contributed by atoms with Crippen LogP contribution in [-0.2, 0) is 9.47 Å². The lowest BCUT2D eigenvalue weighted by Gasteiger charge is -2.51. The minimum absolute atomic E-state index is 0.0633. The maximum atomic E-state index is 13.1. The molecule has 226 valence electrons. The van der Waals surface area contributed by atoms with Gasteiger partial charge in [-0.3, -0.25) is 9.88 Å². The van der Waals surface area contributed by atoms with Gasteiger partial charge >= 0.3 is 6.16 Å². The molecule has 0 radical (unpaired) electrons. The molecule has 42 heavy (non-hydrogen) atoms. The molecular formula is C36H48N2O4. The second kappa shape index (κ2) is 15.2. The second-order valence-electron chi connectivity index (χ2n) is 12.1. The van der Waals surface area contributed by atoms with Crippen molar-refractivity contribution in [3.05, 3.63) is 83.6 Å². The summed E-state index contributed by atoms with van der Waals surface area (Å²) in [5.41, 5.74) is 5.76. The molecule has 0 spiro atoms. The number of benzene rings is 1. The minimum atomic E-state index is -0.644. The molecule has 0 amide bonds. The van der Waals surface area contributed by atoms with Crippen LogP contribution in [0.3, 0.4) is 0 Å². The molecule has 0 saturated carbocycles. The zero-order valence-corrected chi connectivity index (χ0v) is 26.1. The van der Waals surface area contributed by atoms with Gasteiger partial charge in [-0.25, -0.2) is 4.79 Å². The number of rotatable bonds is 13. The molecular weight excluding hydrogens is 524 g/mol. The third-order valence-corrected chi connectivity index (χ3v) is 8.77. The van der Waals surface area contributed by atoms with Crippen molar-refractivity contribution < 1.29 is 19.0 Å². The van der Waals surface area contributed by atoms with E-state index in [0.717, 1.165) is 73.8 Å². The van der Waals surface area contributed by atoms with Crippen LogP contribution in [0.25, 0.3) is 10.9 Å². The molecule has 5 rings (SSSR count). The highest BCUT2D eigenvalue weighted by molar-refractivity contribution is 5.84. The number of piperidine rings is 3. The lowest BCUT2D eigenvalue weighted by molar-refractivity contribution is -0.0645. The van der Waals surface area contributed by atoms with Crippen molar-refractivity contribution in [3.63, 3.8) is 0 Å². The quantitative estimate of drug-likeness (QED) is 0.177. The van der Waals surface area contributed by atoms with Crippen LogP contribution in [0.2, 0.25) is 0 Å². The SMILES string of the molecule is C=C[C@H]1CN2CC[C@H]1C[C@H]2[C@H](OC(=O)OCC=C(C)CCC=C(C)CCC=C(C)C)c1ccnc2ccc(OC)cc12. The van der Waals surface area contributed by atoms with E-state index in [1.165, 1.54) is 16.7 Å². The smallest absolute Gasteiger partial charge is 0.497 e. The van der Waals surface area contributed by atoms with E-state index in [4.69, 9.17) is 14.2 Å². The van der Waals surface area contributed by atoms with E-state index in [-0.39, 0.29) is 12.6 Å². The summed E-state index contributed by atoms with van der Waals surface area (Å²) in [5.74, 6) is 1.76. The molecule has 3 saturated heterocycles. The van der Waals surface area contributed by atoms with Gasteiger partial charge in [0.1, 0.15) is 18.5 Å². The van der Waals surface area contributed by atoms with Gasteiger partial charge in [-0.2, -0.15) is 0 Å². The highest BCUT2D eigenvalue weighted by Crippen LogP contribution is 2.43. The summed E-state index contributed by atoms with van der Waals surface area (Å²) in [6.07, 6.45) is 15.5. The number of allylic oxidation sites excluding steroid dienone is 5. The van der Waals surface area contributed by atoms with Crippen molar-refractivity contribution in [2.45, 2.75) is 78.4 Å². The second-order valence-corrected chi connectivity index (χ2v) is 12.1. The molecule has 0 aliphatic carbocycles. The van der Waals surface area contributed by atoms with Crippen LogP contribution in [0.15, 0.2) is 78.1 Å². The molecule has 3 aliphatic heterocycles. The number of ether oxygens (including phenoxy) is 3. The molecule has 1 aromatic carbocycles. The Morgan fingerprint density at radius 2 is 1.86 bits per heavy atom. The lowest BCUT2D eigenvalue weighted by atomic mass is 9.73. The van der Waals surface area contributed by atoms with Crippen molar-refractivity contribution in [1.82, 2.24) is 9.88 Å². The average molecular weight is 573 g/mol. The van der Waals surface area contributed by atoms with E-state index in [0.29, 0.717) is 11.8 Å². The monoisotopic (exact) mass is 572 g/mol. The third kappa shape index (κ3) is 8.34. The first-order valence-electron chi connectivity index (χ1n) is 15.4. The van der Waals surface area contributed by atoms with Crippen LogP contribution in [0, 0.1) is 11.8 Å². The molecule has 0 N–H and O–H groups in total. The molecule has 3 aliphatic rings. The molecule has 6 nitrogen and oxygen atoms in total. The van der Waals surface area contributed by atoms with Gasteiger partial charge < -0.3 is 14.2 Å². The van der Waals surface area contributed by atoms with Crippen LogP contribution in [0.4, 0.5) is 4.79 Å². The number of pyridine rings is 1. The predicted octanol–water partition coefficient (Wildman–Crippen LogP) is 8.75. The van der Waals surface area contributed by atoms with Gasteiger partial charge in [0.25, 0.3) is 0 Å². The highest BCUT2D eigenvalue weighted by Gasteiger charge is 2.44. The number of hydrogen-bond donors (Lipinski definition) is 0. The number of carbonyl (C=O) groups excluding carboxylic acids is 1. The van der Waals surface area contributed by atoms with E-state index in [1.807, 2.05) is 30.3 Å². The number of hydrogen-bond acceptors (Lipinski definition) is 6. The Labute approximate surface area is 252 Å². The first kappa shape index (κ1) is 31.6. The summed E-state index contributed by atoms with van der Waals surface area (Å²) in [5, 5.41) is 0.928. The van der Waals surface area contributed by atoms with Crippen LogP contribution in [0.5, 0.6) is 5.75 Å². The van der Waals surface area contributed by atoms with Crippen molar-refractivity contribution in [2.75, 3.05) is 26.8 Å². The summed E-state index contributed by atoms with van der Waals surface area (Å²) >= 11 is 0. The molecule has 2 aromatic rings. The summed E-state index contributed by atoms with van der Waals surface area (Å²) < 4.78 is 17.3. The van der Waals surface area contributed by atoms with E-state index in [1.54, 1.807) is 13.3 Å². The van der Waals surface area contributed by atoms with Crippen molar-refractivity contribution in [2.24, 2.45) is 11.8 Å². The van der Waals surface area contributed by atoms with Gasteiger partial charge in [-0.05, 0) is 115 Å². The van der Waals surface area contributed by atoms with Gasteiger partial charge in [-0.1, -0.05) is 34.9 Å². The normalized spacial score (nSPS) is 22.9. The summed E-state index contributed by atoms with van der Waals surface area (Å²) in [6.45, 7) is 14.7. The number of nitrogens with zero attached hydrogens (tertiary/aromatic N) is 2. The Balaban J connectivity index is 1.43. The maximum absolute atomic E-state index is 13.1. The number of methoxy groups -OCH3 is 1. The van der Waals surface area contributed by atoms with E-state index >= 15 is 0 Å². The molecule has 4 heterocycles. The van der Waals surface area contributed by atoms with Crippen molar-refractivity contribution in [3.8, 4) is 5.75 Å². The Hall–Kier alpha value is -3.38. The Morgan fingerprint density at radius 1 is 1.10 bits per heavy atom. The first-order chi connectivity index (χ1) is 20.3. The number of aromatic nitrogens is 1. The van der Waals surface area contributed by atoms with Gasteiger partial charge in [0, 0.05) is 23.7 Å². The molecule has 6 heteroatoms. The number of carbonyl (C=O) groups is 1. The maximum Gasteiger partial charge on any atom is 0.509 e. The predicted molar refractivity (Wildman–Crippen MR) is 171 cm³/mol. The molecule has 1 unspecified atom stereocenters. The van der Waals surface area contributed by atoms with Gasteiger partial charge in [0.2, 0.25) is 0 Å². The van der Waals surface area contributed by atoms with Gasteiger partial charge in [0.15, 0.2) is 0 Å². The van der Waals surface area contributed by atoms with E-state index in [2.05, 4.69) is 62.4 Å². The topological polar surface area (TPSA) is 60.9 Å². The zero-order valence-electron chi connectivity index (χ0n) is 26.1. The highest BCUT2D eigenvalue weighted by atomic mass is 16.7. The average Bonchev–Trinajstić information content (AvgIpc) is 2.99. The van der Waals surface area contributed by atoms with E-state index in [9.17, 15) is 4.79 Å². The van der Waals surface area contributed by atoms with E-state index < -0.39 is 12.3 Å². The zero-order chi connectivity index (χ0) is 30.1. The Morgan fingerprint density at radius 3 is 2.55 bits per heavy atom. The van der Waals surface area contributed by atoms with Crippen LogP contribution < -0.4 is 4.74 Å². The summed E-state index contributed by atoms with van der Waals surface area (Å²) in [6, 6.07) is 7.86.